The van der Waals surface area contributed by atoms with E-state index in [1.54, 1.807) is 0 Å². The Labute approximate surface area is 345 Å². The number of aromatic nitrogens is 2. The van der Waals surface area contributed by atoms with Crippen LogP contribution in [0.4, 0.5) is 5.82 Å². The number of amides is 2. The highest BCUT2D eigenvalue weighted by Gasteiger charge is 2.59. The van der Waals surface area contributed by atoms with Gasteiger partial charge < -0.3 is 71.2 Å². The molecule has 2 aliphatic rings. The van der Waals surface area contributed by atoms with Crippen LogP contribution in [0, 0.1) is 5.92 Å². The molecule has 1 aromatic carbocycles. The van der Waals surface area contributed by atoms with Crippen LogP contribution in [0.2, 0.25) is 0 Å². The number of aldehydes is 1. The number of nitrogens with two attached hydrogens (primary N) is 1. The first-order valence-corrected chi connectivity index (χ1v) is 20.1. The lowest BCUT2D eigenvalue weighted by atomic mass is 9.80. The molecule has 2 aliphatic heterocycles. The lowest BCUT2D eigenvalue weighted by molar-refractivity contribution is -0.298. The number of nitrogens with one attached hydrogen (secondary N) is 2. The quantitative estimate of drug-likeness (QED) is 0.0287. The molecule has 11 atom stereocenters. The number of ketones is 1. The summed E-state index contributed by atoms with van der Waals surface area (Å²) in [7, 11) is -5.64. The van der Waals surface area contributed by atoms with Gasteiger partial charge in [0.25, 0.3) is 11.7 Å². The number of carbonyl (C=O) groups excluding carboxylic acids is 4. The first-order chi connectivity index (χ1) is 28.8. The van der Waals surface area contributed by atoms with E-state index in [-0.39, 0.29) is 37.9 Å². The molecular weight excluding hydrogens is 841 g/mol. The molecule has 2 saturated heterocycles. The number of aliphatic carboxylic acids is 1. The molecule has 7 unspecified atom stereocenters. The van der Waals surface area contributed by atoms with Crippen molar-refractivity contribution in [3.63, 3.8) is 0 Å². The van der Waals surface area contributed by atoms with Crippen molar-refractivity contribution in [3.05, 3.63) is 58.1 Å². The van der Waals surface area contributed by atoms with Crippen LogP contribution >= 0.6 is 7.82 Å². The molecule has 3 heterocycles. The van der Waals surface area contributed by atoms with Crippen molar-refractivity contribution in [3.8, 4) is 0 Å². The largest absolute Gasteiger partial charge is 0.477 e. The van der Waals surface area contributed by atoms with Gasteiger partial charge in [-0.3, -0.25) is 28.3 Å². The number of carboxylic acids is 1. The van der Waals surface area contributed by atoms with Crippen LogP contribution in [0.5, 0.6) is 0 Å². The van der Waals surface area contributed by atoms with Gasteiger partial charge >= 0.3 is 19.5 Å². The Hall–Kier alpha value is -4.60. The zero-order valence-corrected chi connectivity index (χ0v) is 33.1. The summed E-state index contributed by atoms with van der Waals surface area (Å²) in [6.07, 6.45) is -15.1. The maximum absolute atomic E-state index is 13.1. The van der Waals surface area contributed by atoms with Crippen molar-refractivity contribution in [1.82, 2.24) is 20.2 Å². The van der Waals surface area contributed by atoms with Gasteiger partial charge in [-0.2, -0.15) is 4.98 Å². The Balaban J connectivity index is 1.28. The smallest absolute Gasteiger partial charge is 0.475 e. The number of rotatable bonds is 23. The van der Waals surface area contributed by atoms with Crippen LogP contribution in [0.3, 0.4) is 0 Å². The minimum Gasteiger partial charge on any atom is -0.477 e. The highest BCUT2D eigenvalue weighted by molar-refractivity contribution is 7.47. The highest BCUT2D eigenvalue weighted by atomic mass is 31.2. The first-order valence-electron chi connectivity index (χ1n) is 18.6. The molecule has 2 aromatic rings. The Morgan fingerprint density at radius 3 is 2.43 bits per heavy atom. The van der Waals surface area contributed by atoms with E-state index in [1.807, 2.05) is 0 Å². The SMILES string of the molecule is Nc1ccn([C@@H]2O[C@H](COP(=O)(O)OC3(C(=O)O)CC(O)C(CC(=O)CNC(=O)CCOCCCNC(=O)c4ccc(C=O)cc4)C(C(O)[C@H](O)CO)O3)[C@H](O)C2O)c(=O)n1. The average molecular weight is 890 g/mol. The molecule has 0 radical (unpaired) electrons. The highest BCUT2D eigenvalue weighted by Crippen LogP contribution is 2.52. The van der Waals surface area contributed by atoms with Crippen molar-refractivity contribution >= 4 is 43.5 Å². The van der Waals surface area contributed by atoms with E-state index < -0.39 is 124 Å². The summed E-state index contributed by atoms with van der Waals surface area (Å²) in [6.45, 7) is -2.44. The average Bonchev–Trinajstić information content (AvgIpc) is 3.50. The van der Waals surface area contributed by atoms with Gasteiger partial charge in [-0.1, -0.05) is 12.1 Å². The van der Waals surface area contributed by atoms with Crippen molar-refractivity contribution in [2.75, 3.05) is 45.3 Å². The van der Waals surface area contributed by atoms with Crippen LogP contribution < -0.4 is 22.1 Å². The summed E-state index contributed by atoms with van der Waals surface area (Å²) >= 11 is 0. The molecule has 0 spiro atoms. The topological polar surface area (TPSA) is 395 Å². The van der Waals surface area contributed by atoms with E-state index in [2.05, 4.69) is 15.6 Å². The molecule has 1 aromatic heterocycles. The van der Waals surface area contributed by atoms with Crippen LogP contribution in [-0.4, -0.2) is 168 Å². The zero-order chi connectivity index (χ0) is 45.1. The second-order valence-electron chi connectivity index (χ2n) is 14.0. The fraction of sp³-hybridized carbons (Fsp3) is 0.571. The lowest BCUT2D eigenvalue weighted by Crippen LogP contribution is -2.62. The predicted molar refractivity (Wildman–Crippen MR) is 201 cm³/mol. The first kappa shape index (κ1) is 49.1. The van der Waals surface area contributed by atoms with E-state index in [0.717, 1.165) is 10.8 Å². The van der Waals surface area contributed by atoms with Gasteiger partial charge in [-0.15, -0.1) is 0 Å². The van der Waals surface area contributed by atoms with Crippen LogP contribution in [0.15, 0.2) is 41.3 Å². The molecule has 2 fully saturated rings. The fourth-order valence-corrected chi connectivity index (χ4v) is 7.27. The van der Waals surface area contributed by atoms with E-state index in [9.17, 15) is 74.0 Å². The third-order valence-corrected chi connectivity index (χ3v) is 10.6. The minimum atomic E-state index is -5.64. The number of hydrogen-bond donors (Lipinski definition) is 11. The van der Waals surface area contributed by atoms with Crippen molar-refractivity contribution < 1.29 is 92.4 Å². The number of Topliss-reactive ketones (excluding diaryl/α,β-unsaturated/α-hetero) is 1. The monoisotopic (exact) mass is 889 g/mol. The number of phosphoric acid groups is 1. The summed E-state index contributed by atoms with van der Waals surface area (Å²) < 4.78 is 39.8. The Kier molecular flexibility index (Phi) is 17.7. The normalized spacial score (nSPS) is 27.0. The Bertz CT molecular complexity index is 1950. The molecular formula is C35H48N5O20P. The number of aliphatic hydroxyl groups excluding tert-OH is 6. The van der Waals surface area contributed by atoms with Crippen LogP contribution in [0.1, 0.15) is 52.6 Å². The lowest BCUT2D eigenvalue weighted by Gasteiger charge is -2.46. The number of nitrogens with zero attached hydrogens (tertiary/aromatic N) is 2. The number of phosphoric ester groups is 1. The molecule has 338 valence electrons. The Morgan fingerprint density at radius 2 is 1.79 bits per heavy atom. The molecule has 25 nitrogen and oxygen atoms in total. The number of hydrogen-bond acceptors (Lipinski definition) is 20. The predicted octanol–water partition coefficient (Wildman–Crippen LogP) is -4.05. The van der Waals surface area contributed by atoms with Gasteiger partial charge in [-0.25, -0.2) is 18.7 Å². The van der Waals surface area contributed by atoms with E-state index in [4.69, 9.17) is 29.0 Å². The van der Waals surface area contributed by atoms with E-state index in [0.29, 0.717) is 23.8 Å². The van der Waals surface area contributed by atoms with Gasteiger partial charge in [0.1, 0.15) is 42.6 Å². The molecule has 4 rings (SSSR count). The maximum atomic E-state index is 13.1. The fourth-order valence-electron chi connectivity index (χ4n) is 6.31. The zero-order valence-electron chi connectivity index (χ0n) is 32.2. The van der Waals surface area contributed by atoms with Gasteiger partial charge in [-0.05, 0) is 24.6 Å². The minimum absolute atomic E-state index is 0.0568. The number of carbonyl (C=O) groups is 5. The van der Waals surface area contributed by atoms with Gasteiger partial charge in [0, 0.05) is 55.7 Å². The summed E-state index contributed by atoms with van der Waals surface area (Å²) in [4.78, 5) is 87.0. The van der Waals surface area contributed by atoms with Gasteiger partial charge in [0.2, 0.25) is 5.91 Å². The van der Waals surface area contributed by atoms with Gasteiger partial charge in [0.05, 0.1) is 38.6 Å². The number of carboxylic acid groups (broad SMARTS) is 1. The third-order valence-electron chi connectivity index (χ3n) is 9.57. The molecule has 2 amide bonds. The number of nitrogen functional groups attached to an aromatic ring is 1. The number of benzene rings is 1. The molecule has 0 saturated carbocycles. The number of ether oxygens (including phenoxy) is 3. The van der Waals surface area contributed by atoms with Crippen LogP contribution in [-0.2, 0) is 42.2 Å². The summed E-state index contributed by atoms with van der Waals surface area (Å²) in [5.74, 6) is -8.92. The number of anilines is 1. The summed E-state index contributed by atoms with van der Waals surface area (Å²) in [5, 5.41) is 77.7. The third kappa shape index (κ3) is 13.2. The van der Waals surface area contributed by atoms with Crippen LogP contribution in [0.25, 0.3) is 0 Å². The summed E-state index contributed by atoms with van der Waals surface area (Å²) in [6, 6.07) is 7.20. The maximum Gasteiger partial charge on any atom is 0.475 e. The second-order valence-corrected chi connectivity index (χ2v) is 15.4. The molecule has 12 N–H and O–H groups in total. The molecule has 0 aliphatic carbocycles. The van der Waals surface area contributed by atoms with E-state index in [1.165, 1.54) is 30.3 Å². The van der Waals surface area contributed by atoms with Crippen molar-refractivity contribution in [2.45, 2.75) is 80.4 Å². The van der Waals surface area contributed by atoms with Gasteiger partial charge in [0.15, 0.2) is 12.0 Å². The van der Waals surface area contributed by atoms with Crippen molar-refractivity contribution in [2.24, 2.45) is 5.92 Å². The standard InChI is InChI=1S/C35H48N5O20P/c36-25-6-9-40(34(53)39-25)32-29(49)28(48)24(58-32)17-57-61(54,55)60-35(33(51)52)13-22(44)21(30(59-35)27(47)23(45)16-42)12-20(43)14-38-26(46)7-11-56-10-1-8-37-31(50)19-4-2-18(15-41)3-5-19/h2-6,9,15,21-24,27-30,32,42,44-45,47-49H,1,7-8,10-14,16-17H2,(H,37,50)(H,38,46)(H,51,52)(H,54,55)(H2,36,39,53)/t21?,22?,23-,24-,27?,28+,29?,30?,32-,35?/m1/s1. The summed E-state index contributed by atoms with van der Waals surface area (Å²) in [5.41, 5.74) is 5.26. The second kappa shape index (κ2) is 22.0. The molecule has 61 heavy (non-hydrogen) atoms. The molecule has 26 heteroatoms. The van der Waals surface area contributed by atoms with E-state index >= 15 is 0 Å². The number of aliphatic hydroxyl groups is 6. The molecule has 0 bridgehead atoms. The van der Waals surface area contributed by atoms with Crippen molar-refractivity contribution in [1.29, 1.82) is 0 Å². The Morgan fingerprint density at radius 1 is 1.08 bits per heavy atom.